The molecule has 0 bridgehead atoms. The summed E-state index contributed by atoms with van der Waals surface area (Å²) in [4.78, 5) is 37.0. The lowest BCUT2D eigenvalue weighted by Gasteiger charge is -2.16. The monoisotopic (exact) mass is 441 g/mol. The number of anilines is 2. The summed E-state index contributed by atoms with van der Waals surface area (Å²) in [6, 6.07) is 16.3. The third kappa shape index (κ3) is 3.80. The number of hydrogen-bond donors (Lipinski definition) is 1. The Bertz CT molecular complexity index is 1350. The first-order chi connectivity index (χ1) is 16.0. The van der Waals surface area contributed by atoms with Gasteiger partial charge in [0.2, 0.25) is 11.9 Å². The van der Waals surface area contributed by atoms with Crippen LogP contribution in [0.4, 0.5) is 11.6 Å². The van der Waals surface area contributed by atoms with Crippen molar-refractivity contribution in [3.8, 4) is 5.75 Å². The number of carbonyl (C=O) groups excluding carboxylic acids is 2. The highest BCUT2D eigenvalue weighted by Crippen LogP contribution is 2.37. The molecular formula is C25H23N5O3. The van der Waals surface area contributed by atoms with Gasteiger partial charge in [0, 0.05) is 12.4 Å². The normalized spacial score (nSPS) is 15.0. The Labute approximate surface area is 190 Å². The first kappa shape index (κ1) is 20.7. The molecule has 1 unspecified atom stereocenters. The zero-order valence-electron chi connectivity index (χ0n) is 18.4. The lowest BCUT2D eigenvalue weighted by Crippen LogP contribution is -2.31. The standard InChI is InChI=1S/C25H23N5O3/c1-16-9-10-22(33-2)19(12-16)27-23(31)13-21-24(32)29(15-17-6-5-11-26-14-17)25-28-18-7-3-4-8-20(18)30(21)25/h3-12,14,21H,13,15H2,1-2H3,(H,27,31). The average molecular weight is 441 g/mol. The molecule has 8 heteroatoms. The molecule has 0 saturated heterocycles. The van der Waals surface area contributed by atoms with E-state index in [4.69, 9.17) is 9.72 Å². The van der Waals surface area contributed by atoms with E-state index in [9.17, 15) is 9.59 Å². The Balaban J connectivity index is 1.47. The molecule has 5 rings (SSSR count). The van der Waals surface area contributed by atoms with E-state index in [0.29, 0.717) is 23.9 Å². The van der Waals surface area contributed by atoms with Crippen LogP contribution in [0.3, 0.4) is 0 Å². The first-order valence-electron chi connectivity index (χ1n) is 10.7. The van der Waals surface area contributed by atoms with Gasteiger partial charge in [0.15, 0.2) is 0 Å². The lowest BCUT2D eigenvalue weighted by molar-refractivity contribution is -0.124. The molecule has 1 atom stereocenters. The number of nitrogens with one attached hydrogen (secondary N) is 1. The molecule has 0 fully saturated rings. The molecule has 0 aliphatic carbocycles. The summed E-state index contributed by atoms with van der Waals surface area (Å²) in [5.41, 5.74) is 4.06. The maximum Gasteiger partial charge on any atom is 0.253 e. The fourth-order valence-electron chi connectivity index (χ4n) is 4.22. The quantitative estimate of drug-likeness (QED) is 0.491. The second-order valence-electron chi connectivity index (χ2n) is 8.03. The molecule has 3 heterocycles. The SMILES string of the molecule is COc1ccc(C)cc1NC(=O)CC1C(=O)N(Cc2cccnc2)c2nc3ccccc3n21. The zero-order valence-corrected chi connectivity index (χ0v) is 18.4. The summed E-state index contributed by atoms with van der Waals surface area (Å²) >= 11 is 0. The van der Waals surface area contributed by atoms with E-state index in [1.54, 1.807) is 24.4 Å². The summed E-state index contributed by atoms with van der Waals surface area (Å²) < 4.78 is 7.23. The number of carbonyl (C=O) groups is 2. The number of ether oxygens (including phenoxy) is 1. The summed E-state index contributed by atoms with van der Waals surface area (Å²) in [6.45, 7) is 2.27. The summed E-state index contributed by atoms with van der Waals surface area (Å²) in [7, 11) is 1.56. The summed E-state index contributed by atoms with van der Waals surface area (Å²) in [5.74, 6) is 0.664. The van der Waals surface area contributed by atoms with E-state index in [-0.39, 0.29) is 18.2 Å². The highest BCUT2D eigenvalue weighted by Gasteiger charge is 2.41. The van der Waals surface area contributed by atoms with Crippen LogP contribution in [-0.4, -0.2) is 33.5 Å². The van der Waals surface area contributed by atoms with E-state index in [1.807, 2.05) is 66.1 Å². The average Bonchev–Trinajstić information content (AvgIpc) is 3.31. The number of benzene rings is 2. The molecule has 4 aromatic rings. The van der Waals surface area contributed by atoms with Crippen molar-refractivity contribution in [1.29, 1.82) is 0 Å². The number of methoxy groups -OCH3 is 1. The first-order valence-corrected chi connectivity index (χ1v) is 10.7. The van der Waals surface area contributed by atoms with Gasteiger partial charge in [-0.1, -0.05) is 24.3 Å². The molecule has 2 amide bonds. The van der Waals surface area contributed by atoms with E-state index in [2.05, 4.69) is 10.3 Å². The number of nitrogens with zero attached hydrogens (tertiary/aromatic N) is 4. The fourth-order valence-corrected chi connectivity index (χ4v) is 4.22. The zero-order chi connectivity index (χ0) is 22.9. The van der Waals surface area contributed by atoms with Gasteiger partial charge >= 0.3 is 0 Å². The van der Waals surface area contributed by atoms with E-state index in [0.717, 1.165) is 22.2 Å². The summed E-state index contributed by atoms with van der Waals surface area (Å²) in [6.07, 6.45) is 3.40. The summed E-state index contributed by atoms with van der Waals surface area (Å²) in [5, 5.41) is 2.91. The third-order valence-corrected chi connectivity index (χ3v) is 5.75. The number of pyridine rings is 1. The number of rotatable bonds is 6. The molecule has 0 spiro atoms. The van der Waals surface area contributed by atoms with E-state index >= 15 is 0 Å². The number of aromatic nitrogens is 3. The van der Waals surface area contributed by atoms with Crippen molar-refractivity contribution < 1.29 is 14.3 Å². The van der Waals surface area contributed by atoms with Crippen LogP contribution in [0.1, 0.15) is 23.6 Å². The van der Waals surface area contributed by atoms with Crippen molar-refractivity contribution in [3.05, 3.63) is 78.1 Å². The van der Waals surface area contributed by atoms with Gasteiger partial charge in [-0.15, -0.1) is 0 Å². The largest absolute Gasteiger partial charge is 0.495 e. The Morgan fingerprint density at radius 3 is 2.79 bits per heavy atom. The molecule has 2 aromatic heterocycles. The minimum Gasteiger partial charge on any atom is -0.495 e. The minimum atomic E-state index is -0.695. The van der Waals surface area contributed by atoms with Gasteiger partial charge in [-0.05, 0) is 48.4 Å². The Kier molecular flexibility index (Phi) is 5.26. The van der Waals surface area contributed by atoms with E-state index < -0.39 is 6.04 Å². The van der Waals surface area contributed by atoms with E-state index in [1.165, 1.54) is 0 Å². The van der Waals surface area contributed by atoms with Crippen molar-refractivity contribution in [2.24, 2.45) is 0 Å². The van der Waals surface area contributed by atoms with Crippen molar-refractivity contribution in [2.45, 2.75) is 25.9 Å². The topological polar surface area (TPSA) is 89.3 Å². The highest BCUT2D eigenvalue weighted by molar-refractivity contribution is 6.05. The Hall–Kier alpha value is -4.20. The molecule has 1 aliphatic rings. The van der Waals surface area contributed by atoms with Gasteiger partial charge in [0.25, 0.3) is 5.91 Å². The van der Waals surface area contributed by atoms with Crippen LogP contribution >= 0.6 is 0 Å². The van der Waals surface area contributed by atoms with Gasteiger partial charge < -0.3 is 10.1 Å². The van der Waals surface area contributed by atoms with Gasteiger partial charge in [-0.25, -0.2) is 4.98 Å². The number of hydrogen-bond acceptors (Lipinski definition) is 5. The lowest BCUT2D eigenvalue weighted by atomic mass is 10.1. The van der Waals surface area contributed by atoms with Crippen molar-refractivity contribution in [3.63, 3.8) is 0 Å². The second-order valence-corrected chi connectivity index (χ2v) is 8.03. The molecule has 33 heavy (non-hydrogen) atoms. The smallest absolute Gasteiger partial charge is 0.253 e. The van der Waals surface area contributed by atoms with Crippen LogP contribution < -0.4 is 15.0 Å². The predicted octanol–water partition coefficient (Wildman–Crippen LogP) is 3.87. The molecule has 2 aromatic carbocycles. The molecule has 1 aliphatic heterocycles. The molecule has 8 nitrogen and oxygen atoms in total. The molecule has 166 valence electrons. The van der Waals surface area contributed by atoms with Gasteiger partial charge in [-0.3, -0.25) is 24.0 Å². The van der Waals surface area contributed by atoms with Crippen molar-refractivity contribution >= 4 is 34.5 Å². The maximum absolute atomic E-state index is 13.5. The van der Waals surface area contributed by atoms with Crippen molar-refractivity contribution in [2.75, 3.05) is 17.3 Å². The van der Waals surface area contributed by atoms with Crippen LogP contribution in [-0.2, 0) is 16.1 Å². The van der Waals surface area contributed by atoms with Crippen LogP contribution in [0, 0.1) is 6.92 Å². The third-order valence-electron chi connectivity index (χ3n) is 5.75. The van der Waals surface area contributed by atoms with Crippen LogP contribution in [0.2, 0.25) is 0 Å². The van der Waals surface area contributed by atoms with Crippen LogP contribution in [0.15, 0.2) is 67.0 Å². The number of amides is 2. The number of fused-ring (bicyclic) bond motifs is 3. The minimum absolute atomic E-state index is 0.0210. The fraction of sp³-hybridized carbons (Fsp3) is 0.200. The molecule has 0 saturated carbocycles. The number of aryl methyl sites for hydroxylation is 1. The predicted molar refractivity (Wildman–Crippen MR) is 125 cm³/mol. The highest BCUT2D eigenvalue weighted by atomic mass is 16.5. The number of imidazole rings is 1. The van der Waals surface area contributed by atoms with Gasteiger partial charge in [-0.2, -0.15) is 0 Å². The van der Waals surface area contributed by atoms with Gasteiger partial charge in [0.05, 0.1) is 36.8 Å². The number of para-hydroxylation sites is 2. The Morgan fingerprint density at radius 1 is 1.15 bits per heavy atom. The maximum atomic E-state index is 13.5. The van der Waals surface area contributed by atoms with Crippen LogP contribution in [0.5, 0.6) is 5.75 Å². The van der Waals surface area contributed by atoms with Crippen LogP contribution in [0.25, 0.3) is 11.0 Å². The molecule has 0 radical (unpaired) electrons. The Morgan fingerprint density at radius 2 is 2.00 bits per heavy atom. The second kappa shape index (κ2) is 8.38. The van der Waals surface area contributed by atoms with Crippen molar-refractivity contribution in [1.82, 2.24) is 14.5 Å². The molecular weight excluding hydrogens is 418 g/mol. The molecule has 1 N–H and O–H groups in total. The van der Waals surface area contributed by atoms with Gasteiger partial charge in [0.1, 0.15) is 11.8 Å².